The molecule has 0 radical (unpaired) electrons. The molecule has 3 aromatic rings. The Morgan fingerprint density at radius 3 is 2.72 bits per heavy atom. The van der Waals surface area contributed by atoms with Crippen LogP contribution in [0.5, 0.6) is 0 Å². The Labute approximate surface area is 104 Å². The van der Waals surface area contributed by atoms with Crippen LogP contribution >= 0.6 is 0 Å². The highest BCUT2D eigenvalue weighted by atomic mass is 15.1. The van der Waals surface area contributed by atoms with E-state index in [0.29, 0.717) is 6.54 Å². The van der Waals surface area contributed by atoms with Gasteiger partial charge in [-0.15, -0.1) is 0 Å². The van der Waals surface area contributed by atoms with E-state index in [1.165, 1.54) is 6.33 Å². The van der Waals surface area contributed by atoms with Gasteiger partial charge in [0.2, 0.25) is 0 Å². The quantitative estimate of drug-likeness (QED) is 0.735. The summed E-state index contributed by atoms with van der Waals surface area (Å²) in [4.78, 5) is 12.6. The third-order valence-electron chi connectivity index (χ3n) is 3.00. The largest absolute Gasteiger partial charge is 0.327 e. The van der Waals surface area contributed by atoms with Crippen molar-refractivity contribution in [3.05, 3.63) is 42.5 Å². The normalized spacial score (nSPS) is 11.0. The number of nitrogens with two attached hydrogens (primary N) is 1. The number of fused-ring (bicyclic) bond motifs is 1. The third-order valence-corrected chi connectivity index (χ3v) is 3.00. The smallest absolute Gasteiger partial charge is 0.143 e. The van der Waals surface area contributed by atoms with Crippen LogP contribution in [-0.4, -0.2) is 19.5 Å². The van der Waals surface area contributed by atoms with Crippen molar-refractivity contribution >= 4 is 11.0 Å². The molecule has 5 nitrogen and oxygen atoms in total. The van der Waals surface area contributed by atoms with E-state index in [-0.39, 0.29) is 0 Å². The van der Waals surface area contributed by atoms with Crippen LogP contribution in [-0.2, 0) is 13.6 Å². The van der Waals surface area contributed by atoms with Crippen molar-refractivity contribution in [3.63, 3.8) is 0 Å². The van der Waals surface area contributed by atoms with Crippen LogP contribution in [0.2, 0.25) is 0 Å². The fraction of sp³-hybridized carbons (Fsp3) is 0.154. The van der Waals surface area contributed by atoms with Gasteiger partial charge in [0.1, 0.15) is 12.2 Å². The van der Waals surface area contributed by atoms with E-state index in [9.17, 15) is 0 Å². The second kappa shape index (κ2) is 4.19. The summed E-state index contributed by atoms with van der Waals surface area (Å²) in [5.41, 5.74) is 9.68. The summed E-state index contributed by atoms with van der Waals surface area (Å²) in [5, 5.41) is 0. The van der Waals surface area contributed by atoms with Crippen molar-refractivity contribution < 1.29 is 0 Å². The molecule has 3 rings (SSSR count). The molecule has 0 amide bonds. The first-order chi connectivity index (χ1) is 8.79. The van der Waals surface area contributed by atoms with Crippen LogP contribution < -0.4 is 5.73 Å². The van der Waals surface area contributed by atoms with E-state index >= 15 is 0 Å². The number of imidazole rings is 1. The number of aryl methyl sites for hydroxylation is 1. The second-order valence-electron chi connectivity index (χ2n) is 4.15. The van der Waals surface area contributed by atoms with Gasteiger partial charge in [-0.1, -0.05) is 6.07 Å². The van der Waals surface area contributed by atoms with Crippen LogP contribution in [0.1, 0.15) is 5.56 Å². The zero-order valence-electron chi connectivity index (χ0n) is 10.0. The molecule has 0 saturated carbocycles. The van der Waals surface area contributed by atoms with E-state index in [4.69, 9.17) is 5.73 Å². The highest BCUT2D eigenvalue weighted by Gasteiger charge is 2.10. The Bertz CT molecular complexity index is 687. The van der Waals surface area contributed by atoms with Crippen molar-refractivity contribution in [1.82, 2.24) is 19.5 Å². The van der Waals surface area contributed by atoms with Gasteiger partial charge in [0.25, 0.3) is 0 Å². The third kappa shape index (κ3) is 1.65. The van der Waals surface area contributed by atoms with Crippen LogP contribution in [0.25, 0.3) is 22.4 Å². The number of benzene rings is 1. The molecule has 0 unspecified atom stereocenters. The summed E-state index contributed by atoms with van der Waals surface area (Å²) < 4.78 is 2.03. The Morgan fingerprint density at radius 1 is 1.22 bits per heavy atom. The van der Waals surface area contributed by atoms with E-state index < -0.39 is 0 Å². The van der Waals surface area contributed by atoms with Gasteiger partial charge in [0.15, 0.2) is 0 Å². The second-order valence-corrected chi connectivity index (χ2v) is 4.15. The van der Waals surface area contributed by atoms with Gasteiger partial charge in [0.05, 0.1) is 16.6 Å². The number of aromatic nitrogens is 4. The first-order valence-electron chi connectivity index (χ1n) is 5.70. The van der Waals surface area contributed by atoms with Crippen LogP contribution in [0, 0.1) is 0 Å². The first kappa shape index (κ1) is 10.9. The molecule has 2 aromatic heterocycles. The maximum Gasteiger partial charge on any atom is 0.143 e. The lowest BCUT2D eigenvalue weighted by Gasteiger charge is -2.01. The molecule has 2 heterocycles. The standard InChI is InChI=1S/C13H13N5/c1-18-12-4-9(5-14)2-3-11(12)17-13(18)10-6-15-8-16-7-10/h2-4,6-8H,5,14H2,1H3. The average Bonchev–Trinajstić information content (AvgIpc) is 2.77. The Morgan fingerprint density at radius 2 is 2.00 bits per heavy atom. The fourth-order valence-electron chi connectivity index (χ4n) is 2.04. The van der Waals surface area contributed by atoms with Gasteiger partial charge in [-0.2, -0.15) is 0 Å². The van der Waals surface area contributed by atoms with Gasteiger partial charge < -0.3 is 10.3 Å². The van der Waals surface area contributed by atoms with Crippen molar-refractivity contribution in [1.29, 1.82) is 0 Å². The SMILES string of the molecule is Cn1c(-c2cncnc2)nc2ccc(CN)cc21. The highest BCUT2D eigenvalue weighted by Crippen LogP contribution is 2.23. The topological polar surface area (TPSA) is 69.6 Å². The summed E-state index contributed by atoms with van der Waals surface area (Å²) in [5.74, 6) is 0.861. The number of nitrogens with zero attached hydrogens (tertiary/aromatic N) is 4. The summed E-state index contributed by atoms with van der Waals surface area (Å²) >= 11 is 0. The summed E-state index contributed by atoms with van der Waals surface area (Å²) in [6, 6.07) is 6.06. The summed E-state index contributed by atoms with van der Waals surface area (Å²) in [6.07, 6.45) is 5.04. The molecule has 0 aliphatic heterocycles. The van der Waals surface area contributed by atoms with Crippen molar-refractivity contribution in [2.75, 3.05) is 0 Å². The van der Waals surface area contributed by atoms with E-state index in [2.05, 4.69) is 21.0 Å². The minimum atomic E-state index is 0.533. The van der Waals surface area contributed by atoms with Crippen molar-refractivity contribution in [3.8, 4) is 11.4 Å². The molecular formula is C13H13N5. The first-order valence-corrected chi connectivity index (χ1v) is 5.70. The van der Waals surface area contributed by atoms with E-state index in [1.807, 2.05) is 23.7 Å². The maximum absolute atomic E-state index is 5.66. The molecule has 0 fully saturated rings. The van der Waals surface area contributed by atoms with Gasteiger partial charge in [-0.05, 0) is 17.7 Å². The lowest BCUT2D eigenvalue weighted by molar-refractivity contribution is 0.951. The van der Waals surface area contributed by atoms with Crippen LogP contribution in [0.15, 0.2) is 36.9 Å². The summed E-state index contributed by atoms with van der Waals surface area (Å²) in [6.45, 7) is 0.533. The minimum Gasteiger partial charge on any atom is -0.327 e. The van der Waals surface area contributed by atoms with E-state index in [0.717, 1.165) is 28.0 Å². The molecular weight excluding hydrogens is 226 g/mol. The van der Waals surface area contributed by atoms with E-state index in [1.54, 1.807) is 12.4 Å². The van der Waals surface area contributed by atoms with Gasteiger partial charge in [0, 0.05) is 26.0 Å². The molecule has 0 bridgehead atoms. The Hall–Kier alpha value is -2.27. The average molecular weight is 239 g/mol. The lowest BCUT2D eigenvalue weighted by Crippen LogP contribution is -1.97. The van der Waals surface area contributed by atoms with Crippen molar-refractivity contribution in [2.45, 2.75) is 6.54 Å². The van der Waals surface area contributed by atoms with Crippen LogP contribution in [0.4, 0.5) is 0 Å². The molecule has 0 atom stereocenters. The number of hydrogen-bond donors (Lipinski definition) is 1. The zero-order chi connectivity index (χ0) is 12.5. The predicted molar refractivity (Wildman–Crippen MR) is 69.6 cm³/mol. The number of rotatable bonds is 2. The predicted octanol–water partition coefficient (Wildman–Crippen LogP) is 1.49. The maximum atomic E-state index is 5.66. The highest BCUT2D eigenvalue weighted by molar-refractivity contribution is 5.80. The van der Waals surface area contributed by atoms with Gasteiger partial charge in [-0.3, -0.25) is 0 Å². The molecule has 0 aliphatic carbocycles. The molecule has 90 valence electrons. The van der Waals surface area contributed by atoms with Crippen molar-refractivity contribution in [2.24, 2.45) is 12.8 Å². The summed E-state index contributed by atoms with van der Waals surface area (Å²) in [7, 11) is 1.98. The molecule has 0 saturated heterocycles. The lowest BCUT2D eigenvalue weighted by atomic mass is 10.2. The molecule has 5 heteroatoms. The van der Waals surface area contributed by atoms with Crippen LogP contribution in [0.3, 0.4) is 0 Å². The fourth-order valence-corrected chi connectivity index (χ4v) is 2.04. The monoisotopic (exact) mass is 239 g/mol. The Balaban J connectivity index is 2.23. The molecule has 2 N–H and O–H groups in total. The molecule has 1 aromatic carbocycles. The zero-order valence-corrected chi connectivity index (χ0v) is 10.0. The van der Waals surface area contributed by atoms with Gasteiger partial charge in [-0.25, -0.2) is 15.0 Å². The minimum absolute atomic E-state index is 0.533. The molecule has 0 aliphatic rings. The Kier molecular flexibility index (Phi) is 2.53. The van der Waals surface area contributed by atoms with Gasteiger partial charge >= 0.3 is 0 Å². The molecule has 18 heavy (non-hydrogen) atoms. The number of hydrogen-bond acceptors (Lipinski definition) is 4. The molecule has 0 spiro atoms.